The molecule has 19 heavy (non-hydrogen) atoms. The van der Waals surface area contributed by atoms with Crippen LogP contribution in [0.4, 0.5) is 0 Å². The lowest BCUT2D eigenvalue weighted by Crippen LogP contribution is -2.41. The fraction of sp³-hybridized carbons (Fsp3) is 0. The van der Waals surface area contributed by atoms with Crippen molar-refractivity contribution in [1.82, 2.24) is 15.8 Å². The molecule has 0 unspecified atom stereocenters. The van der Waals surface area contributed by atoms with Crippen molar-refractivity contribution >= 4 is 27.7 Å². The van der Waals surface area contributed by atoms with Crippen LogP contribution in [0.1, 0.15) is 20.7 Å². The van der Waals surface area contributed by atoms with Gasteiger partial charge in [0, 0.05) is 28.0 Å². The van der Waals surface area contributed by atoms with Crippen molar-refractivity contribution in [3.05, 3.63) is 64.4 Å². The van der Waals surface area contributed by atoms with Gasteiger partial charge in [-0.15, -0.1) is 0 Å². The summed E-state index contributed by atoms with van der Waals surface area (Å²) in [6.07, 6.45) is 3.01. The Labute approximate surface area is 118 Å². The maximum Gasteiger partial charge on any atom is 0.269 e. The predicted molar refractivity (Wildman–Crippen MR) is 73.3 cm³/mol. The van der Waals surface area contributed by atoms with E-state index in [9.17, 15) is 9.59 Å². The maximum atomic E-state index is 11.8. The first kappa shape index (κ1) is 13.2. The number of aromatic nitrogens is 1. The lowest BCUT2D eigenvalue weighted by Gasteiger charge is -2.07. The molecule has 0 saturated carbocycles. The van der Waals surface area contributed by atoms with Crippen molar-refractivity contribution in [1.29, 1.82) is 0 Å². The topological polar surface area (TPSA) is 71.1 Å². The summed E-state index contributed by atoms with van der Waals surface area (Å²) in [4.78, 5) is 27.3. The van der Waals surface area contributed by atoms with Gasteiger partial charge in [0.25, 0.3) is 11.8 Å². The average molecular weight is 320 g/mol. The average Bonchev–Trinajstić information content (AvgIpc) is 2.45. The van der Waals surface area contributed by atoms with Crippen LogP contribution in [0.3, 0.4) is 0 Å². The molecule has 0 aliphatic carbocycles. The molecule has 2 amide bonds. The molecule has 2 N–H and O–H groups in total. The molecule has 0 radical (unpaired) electrons. The molecule has 0 fully saturated rings. The Balaban J connectivity index is 1.96. The Morgan fingerprint density at radius 2 is 1.58 bits per heavy atom. The van der Waals surface area contributed by atoms with E-state index in [4.69, 9.17) is 0 Å². The fourth-order valence-electron chi connectivity index (χ4n) is 1.39. The van der Waals surface area contributed by atoms with Gasteiger partial charge < -0.3 is 0 Å². The number of hydrazine groups is 1. The van der Waals surface area contributed by atoms with E-state index >= 15 is 0 Å². The normalized spacial score (nSPS) is 9.74. The molecule has 0 bridgehead atoms. The molecule has 0 aliphatic heterocycles. The summed E-state index contributed by atoms with van der Waals surface area (Å²) < 4.78 is 0.792. The van der Waals surface area contributed by atoms with Crippen LogP contribution in [0.5, 0.6) is 0 Å². The van der Waals surface area contributed by atoms with E-state index in [0.717, 1.165) is 4.47 Å². The zero-order valence-corrected chi connectivity index (χ0v) is 11.3. The van der Waals surface area contributed by atoms with E-state index < -0.39 is 5.91 Å². The fourth-order valence-corrected chi connectivity index (χ4v) is 1.79. The summed E-state index contributed by atoms with van der Waals surface area (Å²) in [7, 11) is 0. The molecule has 1 aromatic heterocycles. The van der Waals surface area contributed by atoms with E-state index in [-0.39, 0.29) is 5.91 Å². The summed E-state index contributed by atoms with van der Waals surface area (Å²) in [6.45, 7) is 0. The standard InChI is InChI=1S/C13H10BrN3O2/c14-11-3-1-2-10(8-11)13(19)17-16-12(18)9-4-6-15-7-5-9/h1-8H,(H,16,18)(H,17,19). The Morgan fingerprint density at radius 1 is 0.947 bits per heavy atom. The smallest absolute Gasteiger partial charge is 0.267 e. The third-order valence-electron chi connectivity index (χ3n) is 2.32. The molecule has 96 valence electrons. The van der Waals surface area contributed by atoms with E-state index in [1.54, 1.807) is 30.3 Å². The van der Waals surface area contributed by atoms with Crippen LogP contribution in [-0.4, -0.2) is 16.8 Å². The summed E-state index contributed by atoms with van der Waals surface area (Å²) in [5.41, 5.74) is 5.55. The van der Waals surface area contributed by atoms with E-state index in [1.807, 2.05) is 6.07 Å². The number of nitrogens with zero attached hydrogens (tertiary/aromatic N) is 1. The highest BCUT2D eigenvalue weighted by Crippen LogP contribution is 2.11. The first-order valence-electron chi connectivity index (χ1n) is 5.43. The first-order chi connectivity index (χ1) is 9.16. The van der Waals surface area contributed by atoms with Crippen LogP contribution in [0.15, 0.2) is 53.3 Å². The van der Waals surface area contributed by atoms with Gasteiger partial charge in [-0.1, -0.05) is 22.0 Å². The molecule has 2 aromatic rings. The molecule has 5 nitrogen and oxygen atoms in total. The van der Waals surface area contributed by atoms with Crippen molar-refractivity contribution in [3.8, 4) is 0 Å². The van der Waals surface area contributed by atoms with Crippen LogP contribution < -0.4 is 10.9 Å². The second-order valence-electron chi connectivity index (χ2n) is 3.65. The number of hydrogen-bond acceptors (Lipinski definition) is 3. The van der Waals surface area contributed by atoms with Crippen LogP contribution in [0.25, 0.3) is 0 Å². The van der Waals surface area contributed by atoms with Crippen LogP contribution in [0, 0.1) is 0 Å². The lowest BCUT2D eigenvalue weighted by atomic mass is 10.2. The third kappa shape index (κ3) is 3.62. The van der Waals surface area contributed by atoms with Crippen molar-refractivity contribution in [2.45, 2.75) is 0 Å². The summed E-state index contributed by atoms with van der Waals surface area (Å²) in [5.74, 6) is -0.783. The third-order valence-corrected chi connectivity index (χ3v) is 2.81. The number of carbonyl (C=O) groups excluding carboxylic acids is 2. The largest absolute Gasteiger partial charge is 0.269 e. The van der Waals surface area contributed by atoms with Gasteiger partial charge >= 0.3 is 0 Å². The second-order valence-corrected chi connectivity index (χ2v) is 4.57. The lowest BCUT2D eigenvalue weighted by molar-refractivity contribution is 0.0846. The molecule has 6 heteroatoms. The number of amides is 2. The first-order valence-corrected chi connectivity index (χ1v) is 6.22. The molecular weight excluding hydrogens is 310 g/mol. The van der Waals surface area contributed by atoms with Gasteiger partial charge in [-0.3, -0.25) is 25.4 Å². The maximum absolute atomic E-state index is 11.8. The molecule has 1 aromatic carbocycles. The quantitative estimate of drug-likeness (QED) is 0.831. The number of carbonyl (C=O) groups is 2. The highest BCUT2D eigenvalue weighted by atomic mass is 79.9. The number of rotatable bonds is 2. The molecule has 0 aliphatic rings. The molecule has 0 atom stereocenters. The van der Waals surface area contributed by atoms with Crippen molar-refractivity contribution in [2.24, 2.45) is 0 Å². The number of nitrogens with one attached hydrogen (secondary N) is 2. The molecular formula is C13H10BrN3O2. The molecule has 2 rings (SSSR count). The number of pyridine rings is 1. The highest BCUT2D eigenvalue weighted by molar-refractivity contribution is 9.10. The molecule has 1 heterocycles. The Kier molecular flexibility index (Phi) is 4.25. The minimum atomic E-state index is -0.397. The predicted octanol–water partition coefficient (Wildman–Crippen LogP) is 1.92. The van der Waals surface area contributed by atoms with Gasteiger partial charge in [0.15, 0.2) is 0 Å². The van der Waals surface area contributed by atoms with Gasteiger partial charge in [0.2, 0.25) is 0 Å². The summed E-state index contributed by atoms with van der Waals surface area (Å²) in [6, 6.07) is 9.98. The summed E-state index contributed by atoms with van der Waals surface area (Å²) in [5, 5.41) is 0. The van der Waals surface area contributed by atoms with Gasteiger partial charge in [-0.2, -0.15) is 0 Å². The Bertz CT molecular complexity index is 602. The van der Waals surface area contributed by atoms with E-state index in [0.29, 0.717) is 11.1 Å². The number of benzene rings is 1. The van der Waals surface area contributed by atoms with Gasteiger partial charge in [0.1, 0.15) is 0 Å². The van der Waals surface area contributed by atoms with Crippen molar-refractivity contribution < 1.29 is 9.59 Å². The van der Waals surface area contributed by atoms with Gasteiger partial charge in [-0.25, -0.2) is 0 Å². The zero-order valence-electron chi connectivity index (χ0n) is 9.76. The number of hydrogen-bond donors (Lipinski definition) is 2. The van der Waals surface area contributed by atoms with E-state index in [2.05, 4.69) is 31.8 Å². The number of halogens is 1. The minimum absolute atomic E-state index is 0.385. The van der Waals surface area contributed by atoms with Gasteiger partial charge in [0.05, 0.1) is 0 Å². The Hall–Kier alpha value is -2.21. The van der Waals surface area contributed by atoms with Crippen LogP contribution in [0.2, 0.25) is 0 Å². The van der Waals surface area contributed by atoms with Crippen LogP contribution in [-0.2, 0) is 0 Å². The van der Waals surface area contributed by atoms with Gasteiger partial charge in [-0.05, 0) is 30.3 Å². The van der Waals surface area contributed by atoms with Crippen molar-refractivity contribution in [3.63, 3.8) is 0 Å². The van der Waals surface area contributed by atoms with E-state index in [1.165, 1.54) is 12.4 Å². The second kappa shape index (κ2) is 6.10. The molecule has 0 spiro atoms. The van der Waals surface area contributed by atoms with Crippen molar-refractivity contribution in [2.75, 3.05) is 0 Å². The highest BCUT2D eigenvalue weighted by Gasteiger charge is 2.08. The monoisotopic (exact) mass is 319 g/mol. The Morgan fingerprint density at radius 3 is 2.21 bits per heavy atom. The van der Waals surface area contributed by atoms with Crippen LogP contribution >= 0.6 is 15.9 Å². The molecule has 0 saturated heterocycles. The summed E-state index contributed by atoms with van der Waals surface area (Å²) >= 11 is 3.27. The minimum Gasteiger partial charge on any atom is -0.267 e. The SMILES string of the molecule is O=C(NNC(=O)c1cccc(Br)c1)c1ccncc1. The zero-order chi connectivity index (χ0) is 13.7.